The van der Waals surface area contributed by atoms with Crippen LogP contribution in [0.3, 0.4) is 0 Å². The Bertz CT molecular complexity index is 138. The standard InChI is InChI=1S/C4H2F6/c5-1-2(3(6)7)4(8,9)10/h1H2. The molecular formula is C4H2F6. The molecule has 0 aromatic carbocycles. The van der Waals surface area contributed by atoms with Crippen molar-refractivity contribution in [2.24, 2.45) is 0 Å². The van der Waals surface area contributed by atoms with Crippen molar-refractivity contribution in [3.8, 4) is 0 Å². The minimum absolute atomic E-state index is 2.19. The average Bonchev–Trinajstić information content (AvgIpc) is 1.60. The van der Waals surface area contributed by atoms with Crippen LogP contribution in [0.25, 0.3) is 0 Å². The van der Waals surface area contributed by atoms with E-state index in [1.54, 1.807) is 0 Å². The van der Waals surface area contributed by atoms with Gasteiger partial charge < -0.3 is 0 Å². The number of hydrogen-bond acceptors (Lipinski definition) is 0. The Morgan fingerprint density at radius 1 is 1.10 bits per heavy atom. The Morgan fingerprint density at radius 2 is 1.50 bits per heavy atom. The molecule has 0 heterocycles. The largest absolute Gasteiger partial charge is 0.420 e. The molecule has 0 aliphatic heterocycles. The molecule has 0 N–H and O–H groups in total. The Labute approximate surface area is 52.1 Å². The lowest BCUT2D eigenvalue weighted by atomic mass is 10.3. The van der Waals surface area contributed by atoms with Crippen LogP contribution in [0, 0.1) is 0 Å². The zero-order chi connectivity index (χ0) is 8.36. The van der Waals surface area contributed by atoms with Crippen LogP contribution in [0.4, 0.5) is 26.3 Å². The Kier molecular flexibility index (Phi) is 2.74. The summed E-state index contributed by atoms with van der Waals surface area (Å²) in [7, 11) is 0. The lowest BCUT2D eigenvalue weighted by Crippen LogP contribution is -2.14. The molecule has 0 radical (unpaired) electrons. The molecule has 0 saturated heterocycles. The maximum atomic E-state index is 11.2. The molecule has 10 heavy (non-hydrogen) atoms. The number of rotatable bonds is 1. The van der Waals surface area contributed by atoms with Crippen molar-refractivity contribution >= 4 is 0 Å². The van der Waals surface area contributed by atoms with Gasteiger partial charge in [-0.15, -0.1) is 0 Å². The predicted octanol–water partition coefficient (Wildman–Crippen LogP) is 2.67. The Hall–Kier alpha value is -0.680. The lowest BCUT2D eigenvalue weighted by Gasteiger charge is -2.04. The fraction of sp³-hybridized carbons (Fsp3) is 0.500. The molecule has 0 aliphatic rings. The van der Waals surface area contributed by atoms with Crippen LogP contribution in [0.5, 0.6) is 0 Å². The second-order valence-corrected chi connectivity index (χ2v) is 1.37. The van der Waals surface area contributed by atoms with Crippen LogP contribution < -0.4 is 0 Å². The highest BCUT2D eigenvalue weighted by atomic mass is 19.4. The first kappa shape index (κ1) is 9.32. The predicted molar refractivity (Wildman–Crippen MR) is 21.3 cm³/mol. The SMILES string of the molecule is FCC(=C(F)F)C(F)(F)F. The van der Waals surface area contributed by atoms with Gasteiger partial charge in [0.1, 0.15) is 12.2 Å². The molecule has 0 aromatic rings. The van der Waals surface area contributed by atoms with Crippen molar-refractivity contribution in [3.05, 3.63) is 11.7 Å². The topological polar surface area (TPSA) is 0 Å². The summed E-state index contributed by atoms with van der Waals surface area (Å²) in [6, 6.07) is 0. The number of halogens is 6. The molecule has 60 valence electrons. The molecule has 0 atom stereocenters. The van der Waals surface area contributed by atoms with Crippen LogP contribution in [0.2, 0.25) is 0 Å². The van der Waals surface area contributed by atoms with Crippen molar-refractivity contribution in [3.63, 3.8) is 0 Å². The van der Waals surface area contributed by atoms with Gasteiger partial charge >= 0.3 is 6.18 Å². The summed E-state index contributed by atoms with van der Waals surface area (Å²) < 4.78 is 67.0. The molecular weight excluding hydrogens is 162 g/mol. The average molecular weight is 164 g/mol. The summed E-state index contributed by atoms with van der Waals surface area (Å²) in [6.45, 7) is -2.19. The Balaban J connectivity index is 4.55. The van der Waals surface area contributed by atoms with Gasteiger partial charge in [0.25, 0.3) is 6.08 Å². The van der Waals surface area contributed by atoms with Crippen LogP contribution >= 0.6 is 0 Å². The van der Waals surface area contributed by atoms with Crippen molar-refractivity contribution in [1.82, 2.24) is 0 Å². The third-order valence-corrected chi connectivity index (χ3v) is 0.704. The molecule has 0 fully saturated rings. The molecule has 0 saturated carbocycles. The quantitative estimate of drug-likeness (QED) is 0.522. The molecule has 0 nitrogen and oxygen atoms in total. The first-order valence-electron chi connectivity index (χ1n) is 2.07. The monoisotopic (exact) mass is 164 g/mol. The zero-order valence-electron chi connectivity index (χ0n) is 4.47. The van der Waals surface area contributed by atoms with E-state index in [9.17, 15) is 26.3 Å². The smallest absolute Gasteiger partial charge is 0.246 e. The van der Waals surface area contributed by atoms with Gasteiger partial charge in [0, 0.05) is 0 Å². The van der Waals surface area contributed by atoms with Gasteiger partial charge in [0.15, 0.2) is 0 Å². The molecule has 6 heteroatoms. The van der Waals surface area contributed by atoms with E-state index < -0.39 is 24.5 Å². The first-order valence-corrected chi connectivity index (χ1v) is 2.07. The van der Waals surface area contributed by atoms with Gasteiger partial charge in [0.2, 0.25) is 0 Å². The summed E-state index contributed by atoms with van der Waals surface area (Å²) in [5.41, 5.74) is -2.41. The molecule has 0 aliphatic carbocycles. The van der Waals surface area contributed by atoms with Gasteiger partial charge in [-0.3, -0.25) is 0 Å². The summed E-state index contributed by atoms with van der Waals surface area (Å²) >= 11 is 0. The molecule has 0 unspecified atom stereocenters. The van der Waals surface area contributed by atoms with Crippen LogP contribution in [-0.4, -0.2) is 12.9 Å². The van der Waals surface area contributed by atoms with E-state index in [1.807, 2.05) is 0 Å². The summed E-state index contributed by atoms with van der Waals surface area (Å²) in [6.07, 6.45) is -8.27. The van der Waals surface area contributed by atoms with E-state index in [2.05, 4.69) is 0 Å². The minimum atomic E-state index is -5.26. The molecule has 0 aromatic heterocycles. The lowest BCUT2D eigenvalue weighted by molar-refractivity contribution is -0.0986. The van der Waals surface area contributed by atoms with E-state index >= 15 is 0 Å². The van der Waals surface area contributed by atoms with E-state index in [4.69, 9.17) is 0 Å². The summed E-state index contributed by atoms with van der Waals surface area (Å²) in [5, 5.41) is 0. The molecule has 0 rings (SSSR count). The normalized spacial score (nSPS) is 11.4. The van der Waals surface area contributed by atoms with E-state index in [0.717, 1.165) is 0 Å². The van der Waals surface area contributed by atoms with Gasteiger partial charge in [-0.25, -0.2) is 4.39 Å². The van der Waals surface area contributed by atoms with Gasteiger partial charge in [0.05, 0.1) is 0 Å². The van der Waals surface area contributed by atoms with Crippen molar-refractivity contribution in [2.45, 2.75) is 6.18 Å². The van der Waals surface area contributed by atoms with Crippen LogP contribution in [0.1, 0.15) is 0 Å². The van der Waals surface area contributed by atoms with E-state index in [0.29, 0.717) is 0 Å². The fourth-order valence-electron chi connectivity index (χ4n) is 0.233. The number of alkyl halides is 4. The third kappa shape index (κ3) is 2.28. The zero-order valence-corrected chi connectivity index (χ0v) is 4.47. The molecule has 0 bridgehead atoms. The highest BCUT2D eigenvalue weighted by molar-refractivity contribution is 5.09. The molecule has 0 spiro atoms. The third-order valence-electron chi connectivity index (χ3n) is 0.704. The molecule has 0 amide bonds. The minimum Gasteiger partial charge on any atom is -0.246 e. The van der Waals surface area contributed by atoms with Gasteiger partial charge in [-0.2, -0.15) is 22.0 Å². The second-order valence-electron chi connectivity index (χ2n) is 1.37. The van der Waals surface area contributed by atoms with Crippen molar-refractivity contribution in [1.29, 1.82) is 0 Å². The van der Waals surface area contributed by atoms with Crippen LogP contribution in [-0.2, 0) is 0 Å². The maximum absolute atomic E-state index is 11.2. The first-order chi connectivity index (χ1) is 4.39. The second kappa shape index (κ2) is 2.94. The summed E-state index contributed by atoms with van der Waals surface area (Å²) in [4.78, 5) is 0. The highest BCUT2D eigenvalue weighted by Crippen LogP contribution is 2.29. The highest BCUT2D eigenvalue weighted by Gasteiger charge is 2.37. The fourth-order valence-corrected chi connectivity index (χ4v) is 0.233. The van der Waals surface area contributed by atoms with Crippen molar-refractivity contribution in [2.75, 3.05) is 6.67 Å². The van der Waals surface area contributed by atoms with Gasteiger partial charge in [-0.05, 0) is 0 Å². The van der Waals surface area contributed by atoms with Crippen molar-refractivity contribution < 1.29 is 26.3 Å². The van der Waals surface area contributed by atoms with E-state index in [-0.39, 0.29) is 0 Å². The Morgan fingerprint density at radius 3 is 1.50 bits per heavy atom. The summed E-state index contributed by atoms with van der Waals surface area (Å²) in [5.74, 6) is 0. The van der Waals surface area contributed by atoms with E-state index in [1.165, 1.54) is 0 Å². The maximum Gasteiger partial charge on any atom is 0.420 e. The number of allylic oxidation sites excluding steroid dienone is 1. The van der Waals surface area contributed by atoms with Gasteiger partial charge in [-0.1, -0.05) is 0 Å². The number of hydrogen-bond donors (Lipinski definition) is 0. The van der Waals surface area contributed by atoms with Crippen LogP contribution in [0.15, 0.2) is 11.7 Å².